The molecule has 13 heteroatoms. The summed E-state index contributed by atoms with van der Waals surface area (Å²) in [6.45, 7) is 4.52. The van der Waals surface area contributed by atoms with Gasteiger partial charge in [0, 0.05) is 23.7 Å². The molecule has 5 rings (SSSR count). The second-order valence-corrected chi connectivity index (χ2v) is 11.3. The Morgan fingerprint density at radius 3 is 2.68 bits per heavy atom. The number of anilines is 1. The number of halogens is 3. The molecule has 1 aliphatic rings. The molecule has 2 N–H and O–H groups in total. The van der Waals surface area contributed by atoms with Gasteiger partial charge in [-0.05, 0) is 71.1 Å². The second-order valence-electron chi connectivity index (χ2n) is 11.3. The van der Waals surface area contributed by atoms with Gasteiger partial charge < -0.3 is 20.3 Å². The van der Waals surface area contributed by atoms with Gasteiger partial charge in [-0.2, -0.15) is 14.8 Å². The Morgan fingerprint density at radius 1 is 1.20 bits per heavy atom. The highest BCUT2D eigenvalue weighted by atomic mass is 19.2. The molecular weight excluding hydrogens is 573 g/mol. The SMILES string of the molecule is CN(C)C(C)(C)/C=C(\C#N)C(=O)N1CCC[C@@H]1Cn1nc(-c2ccc(Oc3cccc(F)c3F)cc2F)c2c(N)ncnc21. The first-order valence-corrected chi connectivity index (χ1v) is 13.9. The van der Waals surface area contributed by atoms with Crippen molar-refractivity contribution in [3.63, 3.8) is 0 Å². The summed E-state index contributed by atoms with van der Waals surface area (Å²) in [6, 6.07) is 9.03. The fourth-order valence-corrected chi connectivity index (χ4v) is 5.06. The minimum atomic E-state index is -1.19. The van der Waals surface area contributed by atoms with E-state index in [0.29, 0.717) is 24.0 Å². The van der Waals surface area contributed by atoms with Crippen LogP contribution >= 0.6 is 0 Å². The van der Waals surface area contributed by atoms with Crippen molar-refractivity contribution in [2.24, 2.45) is 0 Å². The van der Waals surface area contributed by atoms with Crippen LogP contribution in [0.3, 0.4) is 0 Å². The lowest BCUT2D eigenvalue weighted by Crippen LogP contribution is -2.41. The molecule has 10 nitrogen and oxygen atoms in total. The van der Waals surface area contributed by atoms with Crippen LogP contribution in [0.5, 0.6) is 11.5 Å². The maximum Gasteiger partial charge on any atom is 0.264 e. The van der Waals surface area contributed by atoms with Crippen LogP contribution in [-0.2, 0) is 11.3 Å². The van der Waals surface area contributed by atoms with Crippen LogP contribution in [0.2, 0.25) is 0 Å². The Balaban J connectivity index is 1.47. The van der Waals surface area contributed by atoms with Crippen molar-refractivity contribution >= 4 is 22.8 Å². The number of carbonyl (C=O) groups is 1. The largest absolute Gasteiger partial charge is 0.454 e. The van der Waals surface area contributed by atoms with E-state index in [-0.39, 0.29) is 52.6 Å². The van der Waals surface area contributed by atoms with Crippen LogP contribution in [0.25, 0.3) is 22.3 Å². The molecule has 44 heavy (non-hydrogen) atoms. The number of likely N-dealkylation sites (N-methyl/N-ethyl adjacent to an activating group) is 1. The predicted molar refractivity (Wildman–Crippen MR) is 158 cm³/mol. The first-order valence-electron chi connectivity index (χ1n) is 13.9. The molecule has 0 radical (unpaired) electrons. The van der Waals surface area contributed by atoms with Crippen LogP contribution in [-0.4, -0.2) is 67.7 Å². The standard InChI is InChI=1S/C31H31F3N8O2/c1-31(2,40(3)4)14-18(15-35)30(43)41-12-6-7-19(41)16-42-29-25(28(36)37-17-38-29)27(39-42)21-11-10-20(13-23(21)33)44-24-9-5-8-22(32)26(24)34/h5,8-11,13-14,17,19H,6-7,12,16H2,1-4H3,(H2,36,37,38)/b18-14+/t19-/m1/s1. The zero-order valence-corrected chi connectivity index (χ0v) is 24.7. The quantitative estimate of drug-likeness (QED) is 0.218. The monoisotopic (exact) mass is 604 g/mol. The third-order valence-corrected chi connectivity index (χ3v) is 7.92. The molecule has 0 saturated carbocycles. The van der Waals surface area contributed by atoms with Crippen molar-refractivity contribution in [1.29, 1.82) is 5.26 Å². The Labute approximate surface area is 252 Å². The number of carbonyl (C=O) groups excluding carboxylic acids is 1. The number of nitrogen functional groups attached to an aromatic ring is 1. The van der Waals surface area contributed by atoms with E-state index in [2.05, 4.69) is 21.1 Å². The van der Waals surface area contributed by atoms with E-state index in [0.717, 1.165) is 18.6 Å². The van der Waals surface area contributed by atoms with Crippen LogP contribution in [0.15, 0.2) is 54.4 Å². The number of fused-ring (bicyclic) bond motifs is 1. The molecule has 2 aromatic carbocycles. The number of hydrogen-bond acceptors (Lipinski definition) is 8. The maximum absolute atomic E-state index is 15.5. The highest BCUT2D eigenvalue weighted by Crippen LogP contribution is 2.35. The van der Waals surface area contributed by atoms with Crippen molar-refractivity contribution < 1.29 is 22.7 Å². The molecule has 0 aliphatic carbocycles. The minimum absolute atomic E-state index is 0.0516. The van der Waals surface area contributed by atoms with Crippen molar-refractivity contribution in [3.05, 3.63) is 71.8 Å². The van der Waals surface area contributed by atoms with Gasteiger partial charge in [-0.15, -0.1) is 0 Å². The van der Waals surface area contributed by atoms with Crippen molar-refractivity contribution in [2.45, 2.75) is 44.8 Å². The van der Waals surface area contributed by atoms with Gasteiger partial charge in [0.1, 0.15) is 41.0 Å². The van der Waals surface area contributed by atoms with E-state index in [1.807, 2.05) is 32.8 Å². The highest BCUT2D eigenvalue weighted by Gasteiger charge is 2.33. The number of nitrogens with two attached hydrogens (primary N) is 1. The number of ether oxygens (including phenoxy) is 1. The molecule has 1 aliphatic heterocycles. The normalized spacial score (nSPS) is 15.7. The average molecular weight is 605 g/mol. The van der Waals surface area contributed by atoms with E-state index < -0.39 is 23.0 Å². The molecule has 0 unspecified atom stereocenters. The molecule has 4 aromatic rings. The number of likely N-dealkylation sites (tertiary alicyclic amines) is 1. The zero-order valence-electron chi connectivity index (χ0n) is 24.7. The molecule has 1 saturated heterocycles. The smallest absolute Gasteiger partial charge is 0.264 e. The summed E-state index contributed by atoms with van der Waals surface area (Å²) in [5.74, 6) is -3.76. The van der Waals surface area contributed by atoms with Gasteiger partial charge in [-0.3, -0.25) is 4.79 Å². The number of benzene rings is 2. The number of aromatic nitrogens is 4. The maximum atomic E-state index is 15.5. The Kier molecular flexibility index (Phi) is 8.29. The summed E-state index contributed by atoms with van der Waals surface area (Å²) >= 11 is 0. The number of nitrogens with zero attached hydrogens (tertiary/aromatic N) is 7. The first kappa shape index (κ1) is 30.5. The zero-order chi connectivity index (χ0) is 31.8. The van der Waals surface area contributed by atoms with Gasteiger partial charge in [-0.25, -0.2) is 23.4 Å². The molecule has 0 spiro atoms. The number of hydrogen-bond donors (Lipinski definition) is 1. The topological polar surface area (TPSA) is 126 Å². The number of nitriles is 1. The summed E-state index contributed by atoms with van der Waals surface area (Å²) in [5.41, 5.74) is 6.31. The van der Waals surface area contributed by atoms with Crippen LogP contribution in [0.4, 0.5) is 19.0 Å². The third kappa shape index (κ3) is 5.80. The summed E-state index contributed by atoms with van der Waals surface area (Å²) in [5, 5.41) is 14.8. The van der Waals surface area contributed by atoms with E-state index in [1.165, 1.54) is 30.6 Å². The van der Waals surface area contributed by atoms with E-state index in [1.54, 1.807) is 15.7 Å². The van der Waals surface area contributed by atoms with E-state index in [9.17, 15) is 18.8 Å². The molecule has 0 bridgehead atoms. The Bertz CT molecular complexity index is 1810. The van der Waals surface area contributed by atoms with Crippen molar-refractivity contribution in [3.8, 4) is 28.8 Å². The summed E-state index contributed by atoms with van der Waals surface area (Å²) < 4.78 is 50.1. The third-order valence-electron chi connectivity index (χ3n) is 7.92. The van der Waals surface area contributed by atoms with Crippen LogP contribution in [0, 0.1) is 28.8 Å². The van der Waals surface area contributed by atoms with Crippen LogP contribution < -0.4 is 10.5 Å². The van der Waals surface area contributed by atoms with E-state index in [4.69, 9.17) is 10.5 Å². The van der Waals surface area contributed by atoms with Crippen molar-refractivity contribution in [1.82, 2.24) is 29.5 Å². The number of rotatable bonds is 8. The Morgan fingerprint density at radius 2 is 1.98 bits per heavy atom. The predicted octanol–water partition coefficient (Wildman–Crippen LogP) is 5.07. The number of amides is 1. The van der Waals surface area contributed by atoms with Gasteiger partial charge in [0.2, 0.25) is 5.82 Å². The fourth-order valence-electron chi connectivity index (χ4n) is 5.06. The van der Waals surface area contributed by atoms with Gasteiger partial charge in [-0.1, -0.05) is 6.07 Å². The lowest BCUT2D eigenvalue weighted by Gasteiger charge is -2.30. The molecular formula is C31H31F3N8O2. The molecule has 228 valence electrons. The van der Waals surface area contributed by atoms with Crippen molar-refractivity contribution in [2.75, 3.05) is 26.4 Å². The summed E-state index contributed by atoms with van der Waals surface area (Å²) in [4.78, 5) is 25.5. The molecule has 1 amide bonds. The first-order chi connectivity index (χ1) is 20.9. The van der Waals surface area contributed by atoms with Gasteiger partial charge in [0.15, 0.2) is 17.2 Å². The Hall–Kier alpha value is -4.96. The lowest BCUT2D eigenvalue weighted by atomic mass is 9.99. The van der Waals surface area contributed by atoms with Gasteiger partial charge >= 0.3 is 0 Å². The molecule has 1 atom stereocenters. The summed E-state index contributed by atoms with van der Waals surface area (Å²) in [6.07, 6.45) is 4.34. The lowest BCUT2D eigenvalue weighted by molar-refractivity contribution is -0.127. The minimum Gasteiger partial charge on any atom is -0.454 e. The van der Waals surface area contributed by atoms with Gasteiger partial charge in [0.25, 0.3) is 5.91 Å². The van der Waals surface area contributed by atoms with Crippen LogP contribution in [0.1, 0.15) is 26.7 Å². The van der Waals surface area contributed by atoms with E-state index >= 15 is 4.39 Å². The second kappa shape index (κ2) is 12.0. The highest BCUT2D eigenvalue weighted by molar-refractivity contribution is 5.99. The van der Waals surface area contributed by atoms with Gasteiger partial charge in [0.05, 0.1) is 18.0 Å². The average Bonchev–Trinajstić information content (AvgIpc) is 3.59. The fraction of sp³-hybridized carbons (Fsp3) is 0.323. The molecule has 2 aromatic heterocycles. The molecule has 1 fully saturated rings. The summed E-state index contributed by atoms with van der Waals surface area (Å²) in [7, 11) is 3.74. The molecule has 3 heterocycles.